The Morgan fingerprint density at radius 1 is 0.767 bits per heavy atom. The number of benzene rings is 3. The van der Waals surface area contributed by atoms with Gasteiger partial charge in [-0.05, 0) is 56.2 Å². The topological polar surface area (TPSA) is 42.5 Å². The van der Waals surface area contributed by atoms with Crippen LogP contribution in [0.2, 0.25) is 0 Å². The Balaban J connectivity index is 1.30. The second kappa shape index (κ2) is 6.93. The van der Waals surface area contributed by atoms with E-state index in [1.54, 1.807) is 0 Å². The van der Waals surface area contributed by atoms with Crippen molar-refractivity contribution in [3.8, 4) is 0 Å². The molecule has 4 nitrogen and oxygen atoms in total. The third-order valence-corrected chi connectivity index (χ3v) is 6.47. The highest BCUT2D eigenvalue weighted by atomic mass is 16.7. The summed E-state index contributed by atoms with van der Waals surface area (Å²) >= 11 is 0. The lowest BCUT2D eigenvalue weighted by atomic mass is 9.72. The summed E-state index contributed by atoms with van der Waals surface area (Å²) in [6.07, 6.45) is 2.13. The molecule has 0 aliphatic carbocycles. The molecule has 0 amide bonds. The molecule has 2 N–H and O–H groups in total. The molecule has 3 aromatic rings. The van der Waals surface area contributed by atoms with Crippen molar-refractivity contribution in [2.45, 2.75) is 38.9 Å². The van der Waals surface area contributed by atoms with Crippen molar-refractivity contribution >= 4 is 47.8 Å². The van der Waals surface area contributed by atoms with Crippen LogP contribution in [0, 0.1) is 0 Å². The zero-order valence-corrected chi connectivity index (χ0v) is 17.9. The number of hydrogen-bond donors (Lipinski definition) is 2. The predicted octanol–water partition coefficient (Wildman–Crippen LogP) is 4.72. The molecule has 0 unspecified atom stereocenters. The van der Waals surface area contributed by atoms with Gasteiger partial charge in [-0.15, -0.1) is 0 Å². The fraction of sp³-hybridized carbons (Fsp3) is 0.250. The van der Waals surface area contributed by atoms with Gasteiger partial charge in [-0.2, -0.15) is 0 Å². The minimum absolute atomic E-state index is 0.0354. The molecule has 150 valence electrons. The third kappa shape index (κ3) is 3.30. The van der Waals surface area contributed by atoms with Gasteiger partial charge in [-0.25, -0.2) is 0 Å². The van der Waals surface area contributed by atoms with E-state index < -0.39 is 0 Å². The summed E-state index contributed by atoms with van der Waals surface area (Å²) in [5.41, 5.74) is 3.85. The molecule has 5 rings (SSSR count). The maximum Gasteiger partial charge on any atom is 0.494 e. The molecule has 0 radical (unpaired) electrons. The van der Waals surface area contributed by atoms with E-state index in [2.05, 4.69) is 111 Å². The largest absolute Gasteiger partial charge is 0.494 e. The minimum Gasteiger partial charge on any atom is -0.405 e. The van der Waals surface area contributed by atoms with Crippen molar-refractivity contribution in [3.05, 3.63) is 72.2 Å². The van der Waals surface area contributed by atoms with Gasteiger partial charge in [-0.1, -0.05) is 60.6 Å². The highest BCUT2D eigenvalue weighted by Crippen LogP contribution is 2.36. The summed E-state index contributed by atoms with van der Waals surface area (Å²) < 4.78 is 12.3. The predicted molar refractivity (Wildman–Crippen MR) is 128 cm³/mol. The monoisotopic (exact) mass is 396 g/mol. The number of anilines is 2. The first-order chi connectivity index (χ1) is 14.3. The van der Waals surface area contributed by atoms with E-state index >= 15 is 0 Å². The SMILES string of the molecule is CC1(C)OB(c2ccc(/C=C/B3Nc4cccc5cccc(c45)N3)cc2)OC1(C)C. The van der Waals surface area contributed by atoms with Gasteiger partial charge in [0.2, 0.25) is 0 Å². The van der Waals surface area contributed by atoms with Crippen LogP contribution in [-0.2, 0) is 9.31 Å². The maximum atomic E-state index is 6.15. The van der Waals surface area contributed by atoms with Crippen molar-refractivity contribution in [1.82, 2.24) is 0 Å². The molecule has 3 aromatic carbocycles. The van der Waals surface area contributed by atoms with Crippen LogP contribution in [0.25, 0.3) is 16.8 Å². The lowest BCUT2D eigenvalue weighted by Crippen LogP contribution is -2.41. The standard InChI is InChI=1S/C24H26B2N2O2/c1-23(2)24(3,4)30-26(29-23)19-13-11-17(12-14-19)15-16-25-27-20-9-5-7-18-8-6-10-21(28-25)22(18)20/h5-16,27-28H,1-4H3/b16-15+. The molecule has 0 atom stereocenters. The molecule has 1 fully saturated rings. The van der Waals surface area contributed by atoms with E-state index in [1.165, 1.54) is 10.8 Å². The first-order valence-electron chi connectivity index (χ1n) is 10.5. The second-order valence-corrected chi connectivity index (χ2v) is 9.09. The van der Waals surface area contributed by atoms with Crippen LogP contribution in [0.15, 0.2) is 66.6 Å². The van der Waals surface area contributed by atoms with Gasteiger partial charge in [0, 0.05) is 16.8 Å². The molecule has 2 aliphatic rings. The fourth-order valence-corrected chi connectivity index (χ4v) is 4.00. The Kier molecular flexibility index (Phi) is 4.46. The van der Waals surface area contributed by atoms with Gasteiger partial charge in [0.05, 0.1) is 11.2 Å². The van der Waals surface area contributed by atoms with Crippen LogP contribution >= 0.6 is 0 Å². The number of rotatable bonds is 3. The molecule has 0 spiro atoms. The zero-order chi connectivity index (χ0) is 20.9. The molecule has 30 heavy (non-hydrogen) atoms. The summed E-state index contributed by atoms with van der Waals surface area (Å²) in [6.45, 7) is 8.34. The van der Waals surface area contributed by atoms with Crippen molar-refractivity contribution in [3.63, 3.8) is 0 Å². The first kappa shape index (κ1) is 19.3. The average Bonchev–Trinajstić information content (AvgIpc) is 2.94. The Hall–Kier alpha value is -2.69. The molecule has 0 aromatic heterocycles. The van der Waals surface area contributed by atoms with Gasteiger partial charge < -0.3 is 19.8 Å². The summed E-state index contributed by atoms with van der Waals surface area (Å²) in [6, 6.07) is 21.1. The molecular weight excluding hydrogens is 370 g/mol. The van der Waals surface area contributed by atoms with Crippen molar-refractivity contribution in [2.24, 2.45) is 0 Å². The molecular formula is C24H26B2N2O2. The van der Waals surface area contributed by atoms with Crippen molar-refractivity contribution in [2.75, 3.05) is 10.5 Å². The number of hydrogen-bond acceptors (Lipinski definition) is 4. The van der Waals surface area contributed by atoms with Crippen LogP contribution in [0.5, 0.6) is 0 Å². The molecule has 0 bridgehead atoms. The Morgan fingerprint density at radius 2 is 1.33 bits per heavy atom. The molecule has 2 heterocycles. The van der Waals surface area contributed by atoms with Gasteiger partial charge in [0.25, 0.3) is 0 Å². The smallest absolute Gasteiger partial charge is 0.405 e. The molecule has 1 saturated heterocycles. The number of nitrogens with one attached hydrogen (secondary N) is 2. The fourth-order valence-electron chi connectivity index (χ4n) is 4.00. The second-order valence-electron chi connectivity index (χ2n) is 9.09. The normalized spacial score (nSPS) is 19.2. The lowest BCUT2D eigenvalue weighted by molar-refractivity contribution is 0.00578. The van der Waals surface area contributed by atoms with E-state index in [9.17, 15) is 0 Å². The zero-order valence-electron chi connectivity index (χ0n) is 17.9. The summed E-state index contributed by atoms with van der Waals surface area (Å²) in [4.78, 5) is 0. The van der Waals surface area contributed by atoms with Crippen LogP contribution in [0.4, 0.5) is 11.4 Å². The Labute approximate surface area is 178 Å². The maximum absolute atomic E-state index is 6.15. The summed E-state index contributed by atoms with van der Waals surface area (Å²) in [5, 5.41) is 9.62. The van der Waals surface area contributed by atoms with Crippen molar-refractivity contribution in [1.29, 1.82) is 0 Å². The van der Waals surface area contributed by atoms with Crippen LogP contribution in [-0.4, -0.2) is 25.3 Å². The van der Waals surface area contributed by atoms with Gasteiger partial charge in [-0.3, -0.25) is 0 Å². The van der Waals surface area contributed by atoms with Crippen LogP contribution < -0.4 is 15.9 Å². The minimum atomic E-state index is -0.327. The highest BCUT2D eigenvalue weighted by molar-refractivity contribution is 6.73. The molecule has 2 aliphatic heterocycles. The lowest BCUT2D eigenvalue weighted by Gasteiger charge is -2.32. The van der Waals surface area contributed by atoms with E-state index in [4.69, 9.17) is 9.31 Å². The molecule has 6 heteroatoms. The summed E-state index contributed by atoms with van der Waals surface area (Å²) in [5.74, 6) is 2.15. The van der Waals surface area contributed by atoms with E-state index in [-0.39, 0.29) is 25.3 Å². The summed E-state index contributed by atoms with van der Waals surface area (Å²) in [7, 11) is -0.327. The third-order valence-electron chi connectivity index (χ3n) is 6.47. The Bertz CT molecular complexity index is 1070. The van der Waals surface area contributed by atoms with Gasteiger partial charge in [0.1, 0.15) is 0 Å². The first-order valence-corrected chi connectivity index (χ1v) is 10.5. The van der Waals surface area contributed by atoms with Crippen LogP contribution in [0.1, 0.15) is 33.3 Å². The van der Waals surface area contributed by atoms with Gasteiger partial charge >= 0.3 is 14.1 Å². The van der Waals surface area contributed by atoms with Gasteiger partial charge in [0.15, 0.2) is 0 Å². The Morgan fingerprint density at radius 3 is 1.90 bits per heavy atom. The van der Waals surface area contributed by atoms with Crippen molar-refractivity contribution < 1.29 is 9.31 Å². The highest BCUT2D eigenvalue weighted by Gasteiger charge is 2.51. The van der Waals surface area contributed by atoms with Crippen LogP contribution in [0.3, 0.4) is 0 Å². The van der Waals surface area contributed by atoms with E-state index in [0.717, 1.165) is 22.4 Å². The van der Waals surface area contributed by atoms with E-state index in [0.29, 0.717) is 0 Å². The quantitative estimate of drug-likeness (QED) is 0.629. The average molecular weight is 396 g/mol. The van der Waals surface area contributed by atoms with E-state index in [1.807, 2.05) is 0 Å². The molecule has 0 saturated carbocycles.